The van der Waals surface area contributed by atoms with Crippen molar-refractivity contribution in [2.24, 2.45) is 0 Å². The fraction of sp³-hybridized carbons (Fsp3) is 0.600. The van der Waals surface area contributed by atoms with Crippen molar-refractivity contribution in [2.45, 2.75) is 57.9 Å². The van der Waals surface area contributed by atoms with Crippen LogP contribution < -0.4 is 10.6 Å². The number of aryl methyl sites for hydroxylation is 1. The average molecular weight is 343 g/mol. The van der Waals surface area contributed by atoms with E-state index in [9.17, 15) is 9.59 Å². The van der Waals surface area contributed by atoms with E-state index in [0.29, 0.717) is 6.04 Å². The summed E-state index contributed by atoms with van der Waals surface area (Å²) in [6, 6.07) is 6.02. The van der Waals surface area contributed by atoms with E-state index in [1.807, 2.05) is 30.0 Å². The topological polar surface area (TPSA) is 61.4 Å². The molecule has 1 saturated heterocycles. The molecule has 0 spiro atoms. The molecule has 5 nitrogen and oxygen atoms in total. The van der Waals surface area contributed by atoms with Gasteiger partial charge in [0.05, 0.1) is 6.54 Å². The Morgan fingerprint density at radius 1 is 1.08 bits per heavy atom. The van der Waals surface area contributed by atoms with Gasteiger partial charge in [0.1, 0.15) is 0 Å². The van der Waals surface area contributed by atoms with Crippen LogP contribution in [0, 0.1) is 6.92 Å². The van der Waals surface area contributed by atoms with E-state index in [0.717, 1.165) is 55.6 Å². The predicted octanol–water partition coefficient (Wildman–Crippen LogP) is 3.09. The standard InChI is InChI=1S/C20H29N3O2/c1-15-13-16(20(25)23-11-5-6-12-23)9-10-18(15)21-14-19(24)22-17-7-3-2-4-8-17/h9-10,13,17,21H,2-8,11-12,14H2,1H3,(H,22,24). The minimum absolute atomic E-state index is 0.0449. The summed E-state index contributed by atoms with van der Waals surface area (Å²) in [5.74, 6) is 0.158. The van der Waals surface area contributed by atoms with Gasteiger partial charge in [-0.2, -0.15) is 0 Å². The second-order valence-corrected chi connectivity index (χ2v) is 7.29. The van der Waals surface area contributed by atoms with E-state index in [1.165, 1.54) is 19.3 Å². The van der Waals surface area contributed by atoms with Crippen LogP contribution in [-0.4, -0.2) is 42.4 Å². The molecule has 5 heteroatoms. The number of amides is 2. The van der Waals surface area contributed by atoms with Crippen molar-refractivity contribution < 1.29 is 9.59 Å². The van der Waals surface area contributed by atoms with Gasteiger partial charge < -0.3 is 15.5 Å². The Kier molecular flexibility index (Phi) is 5.95. The molecule has 0 aromatic heterocycles. The molecule has 2 N–H and O–H groups in total. The fourth-order valence-corrected chi connectivity index (χ4v) is 3.80. The number of anilines is 1. The zero-order valence-corrected chi connectivity index (χ0v) is 15.1. The molecule has 0 radical (unpaired) electrons. The maximum atomic E-state index is 12.4. The molecule has 1 aromatic rings. The van der Waals surface area contributed by atoms with Gasteiger partial charge in [-0.15, -0.1) is 0 Å². The summed E-state index contributed by atoms with van der Waals surface area (Å²) < 4.78 is 0. The lowest BCUT2D eigenvalue weighted by atomic mass is 9.95. The maximum Gasteiger partial charge on any atom is 0.253 e. The highest BCUT2D eigenvalue weighted by Gasteiger charge is 2.20. The summed E-state index contributed by atoms with van der Waals surface area (Å²) in [5.41, 5.74) is 2.64. The third kappa shape index (κ3) is 4.74. The lowest BCUT2D eigenvalue weighted by Gasteiger charge is -2.23. The van der Waals surface area contributed by atoms with Crippen molar-refractivity contribution in [1.82, 2.24) is 10.2 Å². The number of benzene rings is 1. The summed E-state index contributed by atoms with van der Waals surface area (Å²) in [6.45, 7) is 3.97. The van der Waals surface area contributed by atoms with E-state index in [2.05, 4.69) is 10.6 Å². The van der Waals surface area contributed by atoms with Crippen LogP contribution in [0.15, 0.2) is 18.2 Å². The first-order chi connectivity index (χ1) is 12.1. The van der Waals surface area contributed by atoms with Crippen LogP contribution in [0.4, 0.5) is 5.69 Å². The molecule has 136 valence electrons. The van der Waals surface area contributed by atoms with Gasteiger partial charge in [-0.05, 0) is 56.4 Å². The molecule has 0 atom stereocenters. The number of carbonyl (C=O) groups is 2. The molecule has 25 heavy (non-hydrogen) atoms. The molecular formula is C20H29N3O2. The molecule has 1 aliphatic carbocycles. The van der Waals surface area contributed by atoms with Crippen LogP contribution >= 0.6 is 0 Å². The monoisotopic (exact) mass is 343 g/mol. The quantitative estimate of drug-likeness (QED) is 0.864. The molecule has 3 rings (SSSR count). The number of likely N-dealkylation sites (tertiary alicyclic amines) is 1. The van der Waals surface area contributed by atoms with Crippen LogP contribution in [-0.2, 0) is 4.79 Å². The number of nitrogens with one attached hydrogen (secondary N) is 2. The van der Waals surface area contributed by atoms with Crippen molar-refractivity contribution in [3.8, 4) is 0 Å². The molecule has 1 heterocycles. The van der Waals surface area contributed by atoms with Gasteiger partial charge in [0, 0.05) is 30.4 Å². The van der Waals surface area contributed by atoms with Gasteiger partial charge in [-0.1, -0.05) is 19.3 Å². The predicted molar refractivity (Wildman–Crippen MR) is 99.8 cm³/mol. The molecule has 1 aliphatic heterocycles. The summed E-state index contributed by atoms with van der Waals surface area (Å²) in [7, 11) is 0. The highest BCUT2D eigenvalue weighted by atomic mass is 16.2. The highest BCUT2D eigenvalue weighted by Crippen LogP contribution is 2.20. The van der Waals surface area contributed by atoms with Gasteiger partial charge in [0.25, 0.3) is 5.91 Å². The van der Waals surface area contributed by atoms with Crippen LogP contribution in [0.2, 0.25) is 0 Å². The lowest BCUT2D eigenvalue weighted by Crippen LogP contribution is -2.39. The van der Waals surface area contributed by atoms with Crippen LogP contribution in [0.3, 0.4) is 0 Å². The van der Waals surface area contributed by atoms with Gasteiger partial charge in [0.2, 0.25) is 5.91 Å². The van der Waals surface area contributed by atoms with Crippen LogP contribution in [0.5, 0.6) is 0 Å². The number of nitrogens with zero attached hydrogens (tertiary/aromatic N) is 1. The Morgan fingerprint density at radius 2 is 1.80 bits per heavy atom. The van der Waals surface area contributed by atoms with Crippen molar-refractivity contribution in [3.05, 3.63) is 29.3 Å². The molecule has 1 saturated carbocycles. The van der Waals surface area contributed by atoms with Crippen molar-refractivity contribution in [3.63, 3.8) is 0 Å². The molecular weight excluding hydrogens is 314 g/mol. The minimum atomic E-state index is 0.0449. The fourth-order valence-electron chi connectivity index (χ4n) is 3.80. The molecule has 2 amide bonds. The Labute approximate surface area is 150 Å². The van der Waals surface area contributed by atoms with Gasteiger partial charge in [-0.25, -0.2) is 0 Å². The van der Waals surface area contributed by atoms with E-state index in [1.54, 1.807) is 0 Å². The Balaban J connectivity index is 1.52. The zero-order valence-electron chi connectivity index (χ0n) is 15.1. The maximum absolute atomic E-state index is 12.4. The van der Waals surface area contributed by atoms with E-state index >= 15 is 0 Å². The molecule has 0 unspecified atom stereocenters. The normalized spacial score (nSPS) is 18.2. The van der Waals surface area contributed by atoms with Crippen LogP contribution in [0.25, 0.3) is 0 Å². The molecule has 1 aromatic carbocycles. The second kappa shape index (κ2) is 8.37. The van der Waals surface area contributed by atoms with Gasteiger partial charge in [-0.3, -0.25) is 9.59 Å². The summed E-state index contributed by atoms with van der Waals surface area (Å²) in [6.07, 6.45) is 8.09. The average Bonchev–Trinajstić information content (AvgIpc) is 3.15. The SMILES string of the molecule is Cc1cc(C(=O)N2CCCC2)ccc1NCC(=O)NC1CCCCC1. The summed E-state index contributed by atoms with van der Waals surface area (Å²) in [5, 5.41) is 6.31. The third-order valence-corrected chi connectivity index (χ3v) is 5.28. The molecule has 2 fully saturated rings. The first-order valence-electron chi connectivity index (χ1n) is 9.56. The molecule has 2 aliphatic rings. The Hall–Kier alpha value is -2.04. The van der Waals surface area contributed by atoms with E-state index in [4.69, 9.17) is 0 Å². The first kappa shape index (κ1) is 17.8. The smallest absolute Gasteiger partial charge is 0.253 e. The van der Waals surface area contributed by atoms with Gasteiger partial charge in [0.15, 0.2) is 0 Å². The summed E-state index contributed by atoms with van der Waals surface area (Å²) in [4.78, 5) is 26.5. The first-order valence-corrected chi connectivity index (χ1v) is 9.56. The van der Waals surface area contributed by atoms with Crippen molar-refractivity contribution in [2.75, 3.05) is 25.0 Å². The van der Waals surface area contributed by atoms with Crippen molar-refractivity contribution >= 4 is 17.5 Å². The number of hydrogen-bond acceptors (Lipinski definition) is 3. The molecule has 0 bridgehead atoms. The lowest BCUT2D eigenvalue weighted by molar-refractivity contribution is -0.120. The number of hydrogen-bond donors (Lipinski definition) is 2. The zero-order chi connectivity index (χ0) is 17.6. The Bertz CT molecular complexity index is 617. The van der Waals surface area contributed by atoms with Gasteiger partial charge >= 0.3 is 0 Å². The largest absolute Gasteiger partial charge is 0.376 e. The highest BCUT2D eigenvalue weighted by molar-refractivity contribution is 5.95. The Morgan fingerprint density at radius 3 is 2.48 bits per heavy atom. The van der Waals surface area contributed by atoms with Crippen molar-refractivity contribution in [1.29, 1.82) is 0 Å². The third-order valence-electron chi connectivity index (χ3n) is 5.28. The second-order valence-electron chi connectivity index (χ2n) is 7.29. The van der Waals surface area contributed by atoms with Crippen LogP contribution in [0.1, 0.15) is 60.9 Å². The number of rotatable bonds is 5. The minimum Gasteiger partial charge on any atom is -0.376 e. The summed E-state index contributed by atoms with van der Waals surface area (Å²) >= 11 is 0. The number of carbonyl (C=O) groups excluding carboxylic acids is 2. The van der Waals surface area contributed by atoms with E-state index < -0.39 is 0 Å². The van der Waals surface area contributed by atoms with E-state index in [-0.39, 0.29) is 18.4 Å².